The molecule has 14 heavy (non-hydrogen) atoms. The molecule has 0 aromatic rings. The van der Waals surface area contributed by atoms with Gasteiger partial charge in [-0.2, -0.15) is 0 Å². The van der Waals surface area contributed by atoms with Crippen LogP contribution < -0.4 is 0 Å². The van der Waals surface area contributed by atoms with Crippen LogP contribution in [0.4, 0.5) is 0 Å². The van der Waals surface area contributed by atoms with Crippen molar-refractivity contribution in [2.45, 2.75) is 32.6 Å². The van der Waals surface area contributed by atoms with E-state index in [1.165, 1.54) is 0 Å². The summed E-state index contributed by atoms with van der Waals surface area (Å²) in [6, 6.07) is 0. The van der Waals surface area contributed by atoms with Crippen LogP contribution >= 0.6 is 0 Å². The van der Waals surface area contributed by atoms with Gasteiger partial charge in [-0.1, -0.05) is 19.1 Å². The molecule has 0 bridgehead atoms. The Kier molecular flexibility index (Phi) is 6.37. The van der Waals surface area contributed by atoms with Crippen molar-refractivity contribution in [2.75, 3.05) is 0 Å². The quantitative estimate of drug-likeness (QED) is 0.502. The molecule has 0 saturated heterocycles. The summed E-state index contributed by atoms with van der Waals surface area (Å²) < 4.78 is 0. The largest absolute Gasteiger partial charge is 0.478 e. The maximum Gasteiger partial charge on any atom is 0.331 e. The van der Waals surface area contributed by atoms with Crippen molar-refractivity contribution in [3.8, 4) is 0 Å². The van der Waals surface area contributed by atoms with Crippen LogP contribution in [0.2, 0.25) is 0 Å². The Morgan fingerprint density at radius 2 is 2.07 bits per heavy atom. The van der Waals surface area contributed by atoms with Crippen molar-refractivity contribution >= 4 is 11.8 Å². The van der Waals surface area contributed by atoms with Gasteiger partial charge in [0.25, 0.3) is 0 Å². The van der Waals surface area contributed by atoms with Crippen LogP contribution in [-0.4, -0.2) is 16.9 Å². The second kappa shape index (κ2) is 7.06. The molecule has 0 heterocycles. The monoisotopic (exact) mass is 196 g/mol. The Morgan fingerprint density at radius 3 is 2.50 bits per heavy atom. The fourth-order valence-electron chi connectivity index (χ4n) is 1.05. The lowest BCUT2D eigenvalue weighted by Gasteiger charge is -2.00. The summed E-state index contributed by atoms with van der Waals surface area (Å²) in [5, 5.41) is 8.74. The average molecular weight is 196 g/mol. The number of hydrogen-bond acceptors (Lipinski definition) is 2. The van der Waals surface area contributed by atoms with E-state index in [4.69, 9.17) is 5.11 Å². The van der Waals surface area contributed by atoms with Gasteiger partial charge in [0.15, 0.2) is 0 Å². The van der Waals surface area contributed by atoms with Gasteiger partial charge in [0.2, 0.25) is 0 Å². The maximum absolute atomic E-state index is 11.2. The van der Waals surface area contributed by atoms with Crippen molar-refractivity contribution in [1.82, 2.24) is 0 Å². The molecule has 0 aliphatic rings. The van der Waals surface area contributed by atoms with E-state index in [1.54, 1.807) is 12.2 Å². The van der Waals surface area contributed by atoms with E-state index >= 15 is 0 Å². The summed E-state index contributed by atoms with van der Waals surface area (Å²) in [6.45, 7) is 5.34. The molecule has 3 heteroatoms. The topological polar surface area (TPSA) is 54.4 Å². The first-order chi connectivity index (χ1) is 6.61. The summed E-state index contributed by atoms with van der Waals surface area (Å²) in [5.74, 6) is -1.05. The number of carboxylic acids is 1. The highest BCUT2D eigenvalue weighted by Crippen LogP contribution is 2.07. The zero-order chi connectivity index (χ0) is 11.0. The minimum Gasteiger partial charge on any atom is -0.478 e. The van der Waals surface area contributed by atoms with Gasteiger partial charge in [-0.15, -0.1) is 6.58 Å². The first-order valence-corrected chi connectivity index (χ1v) is 4.66. The predicted octanol–water partition coefficient (Wildman–Crippen LogP) is 2.33. The molecule has 0 spiro atoms. The van der Waals surface area contributed by atoms with E-state index in [1.807, 2.05) is 6.92 Å². The summed E-state index contributed by atoms with van der Waals surface area (Å²) in [7, 11) is 0. The number of carboxylic acid groups (broad SMARTS) is 1. The lowest BCUT2D eigenvalue weighted by atomic mass is 10.1. The molecule has 0 amide bonds. The molecule has 0 aliphatic heterocycles. The minimum absolute atomic E-state index is 0.0248. The van der Waals surface area contributed by atoms with Crippen molar-refractivity contribution in [3.05, 3.63) is 24.3 Å². The Labute approximate surface area is 84.1 Å². The lowest BCUT2D eigenvalue weighted by molar-refractivity contribution is -0.133. The van der Waals surface area contributed by atoms with Crippen LogP contribution in [0, 0.1) is 0 Å². The Morgan fingerprint density at radius 1 is 1.43 bits per heavy atom. The van der Waals surface area contributed by atoms with Gasteiger partial charge in [-0.3, -0.25) is 4.79 Å². The Bertz CT molecular complexity index is 251. The zero-order valence-electron chi connectivity index (χ0n) is 8.45. The number of Topliss-reactive ketones (excluding diaryl/α,β-unsaturated/α-hetero) is 1. The molecule has 0 radical (unpaired) electrons. The number of aliphatic carboxylic acids is 1. The molecule has 0 fully saturated rings. The van der Waals surface area contributed by atoms with E-state index in [-0.39, 0.29) is 17.8 Å². The highest BCUT2D eigenvalue weighted by molar-refractivity contribution is 5.94. The smallest absolute Gasteiger partial charge is 0.331 e. The van der Waals surface area contributed by atoms with Crippen LogP contribution in [0.3, 0.4) is 0 Å². The number of allylic oxidation sites excluding steroid dienone is 2. The van der Waals surface area contributed by atoms with Gasteiger partial charge in [0.05, 0.1) is 0 Å². The average Bonchev–Trinajstić information content (AvgIpc) is 2.14. The number of carbonyl (C=O) groups excluding carboxylic acids is 1. The fraction of sp³-hybridized carbons (Fsp3) is 0.455. The highest BCUT2D eigenvalue weighted by Gasteiger charge is 2.11. The molecule has 0 unspecified atom stereocenters. The number of hydrogen-bond donors (Lipinski definition) is 1. The van der Waals surface area contributed by atoms with E-state index in [9.17, 15) is 9.59 Å². The molecule has 3 nitrogen and oxygen atoms in total. The van der Waals surface area contributed by atoms with E-state index in [0.29, 0.717) is 19.3 Å². The third-order valence-electron chi connectivity index (χ3n) is 1.74. The van der Waals surface area contributed by atoms with E-state index in [2.05, 4.69) is 6.58 Å². The van der Waals surface area contributed by atoms with Crippen LogP contribution in [0.25, 0.3) is 0 Å². The molecule has 0 atom stereocenters. The Balaban J connectivity index is 4.17. The standard InChI is InChI=1S/C11H16O3/c1-3-5-7-10(12)8-9(6-4-2)11(13)14/h3,6H,1,4-5,7-8H2,2H3,(H,13,14). The number of ketones is 1. The van der Waals surface area contributed by atoms with Crippen LogP contribution in [-0.2, 0) is 9.59 Å². The molecule has 0 rings (SSSR count). The van der Waals surface area contributed by atoms with Crippen molar-refractivity contribution < 1.29 is 14.7 Å². The Hall–Kier alpha value is -1.38. The van der Waals surface area contributed by atoms with Crippen molar-refractivity contribution in [1.29, 1.82) is 0 Å². The molecule has 78 valence electrons. The number of carbonyl (C=O) groups is 2. The van der Waals surface area contributed by atoms with Gasteiger partial charge in [-0.25, -0.2) is 4.79 Å². The summed E-state index contributed by atoms with van der Waals surface area (Å²) >= 11 is 0. The van der Waals surface area contributed by atoms with Crippen molar-refractivity contribution in [2.24, 2.45) is 0 Å². The van der Waals surface area contributed by atoms with E-state index in [0.717, 1.165) is 0 Å². The molecule has 0 aromatic carbocycles. The molecule has 0 saturated carbocycles. The second-order valence-electron chi connectivity index (χ2n) is 2.99. The normalized spacial score (nSPS) is 11.1. The maximum atomic E-state index is 11.2. The first-order valence-electron chi connectivity index (χ1n) is 4.66. The first kappa shape index (κ1) is 12.6. The summed E-state index contributed by atoms with van der Waals surface area (Å²) in [6.07, 6.45) is 4.87. The number of rotatable bonds is 7. The fourth-order valence-corrected chi connectivity index (χ4v) is 1.05. The molecule has 0 aliphatic carbocycles. The van der Waals surface area contributed by atoms with Crippen LogP contribution in [0.15, 0.2) is 24.3 Å². The molecule has 1 N–H and O–H groups in total. The van der Waals surface area contributed by atoms with E-state index < -0.39 is 5.97 Å². The molecular weight excluding hydrogens is 180 g/mol. The lowest BCUT2D eigenvalue weighted by Crippen LogP contribution is -2.07. The van der Waals surface area contributed by atoms with Gasteiger partial charge < -0.3 is 5.11 Å². The second-order valence-corrected chi connectivity index (χ2v) is 2.99. The van der Waals surface area contributed by atoms with Crippen LogP contribution in [0.1, 0.15) is 32.6 Å². The summed E-state index contributed by atoms with van der Waals surface area (Å²) in [4.78, 5) is 21.9. The van der Waals surface area contributed by atoms with Gasteiger partial charge in [0.1, 0.15) is 5.78 Å². The minimum atomic E-state index is -1.00. The molecular formula is C11H16O3. The predicted molar refractivity (Wildman–Crippen MR) is 55.1 cm³/mol. The zero-order valence-corrected chi connectivity index (χ0v) is 8.45. The van der Waals surface area contributed by atoms with Gasteiger partial charge >= 0.3 is 5.97 Å². The van der Waals surface area contributed by atoms with Crippen LogP contribution in [0.5, 0.6) is 0 Å². The molecule has 0 aromatic heterocycles. The van der Waals surface area contributed by atoms with Gasteiger partial charge in [-0.05, 0) is 12.8 Å². The van der Waals surface area contributed by atoms with Crippen molar-refractivity contribution in [3.63, 3.8) is 0 Å². The third kappa shape index (κ3) is 5.30. The highest BCUT2D eigenvalue weighted by atomic mass is 16.4. The third-order valence-corrected chi connectivity index (χ3v) is 1.74. The SMILES string of the molecule is C=CCCC(=O)CC(=CCC)C(=O)O. The van der Waals surface area contributed by atoms with Gasteiger partial charge in [0, 0.05) is 18.4 Å². The summed E-state index contributed by atoms with van der Waals surface area (Å²) in [5.41, 5.74) is 0.196.